The predicted molar refractivity (Wildman–Crippen MR) is 99.8 cm³/mol. The van der Waals surface area contributed by atoms with E-state index in [1.165, 1.54) is 6.21 Å². The summed E-state index contributed by atoms with van der Waals surface area (Å²) >= 11 is 6.20. The first-order valence-electron chi connectivity index (χ1n) is 7.46. The van der Waals surface area contributed by atoms with Gasteiger partial charge in [0.1, 0.15) is 0 Å². The van der Waals surface area contributed by atoms with Gasteiger partial charge in [-0.3, -0.25) is 4.99 Å². The Kier molecular flexibility index (Phi) is 6.13. The van der Waals surface area contributed by atoms with Crippen molar-refractivity contribution in [3.05, 3.63) is 33.4 Å². The molecule has 25 heavy (non-hydrogen) atoms. The van der Waals surface area contributed by atoms with Gasteiger partial charge in [-0.1, -0.05) is 17.5 Å². The van der Waals surface area contributed by atoms with E-state index < -0.39 is 6.23 Å². The van der Waals surface area contributed by atoms with Crippen molar-refractivity contribution in [1.82, 2.24) is 0 Å². The topological polar surface area (TPSA) is 49.3 Å². The van der Waals surface area contributed by atoms with Gasteiger partial charge in [0.2, 0.25) is 5.75 Å². The Bertz CT molecular complexity index is 803. The van der Waals surface area contributed by atoms with Crippen molar-refractivity contribution in [2.24, 2.45) is 4.99 Å². The zero-order valence-corrected chi connectivity index (χ0v) is 15.6. The van der Waals surface area contributed by atoms with Gasteiger partial charge in [-0.2, -0.15) is 0 Å². The highest BCUT2D eigenvalue weighted by Crippen LogP contribution is 2.43. The second-order valence-corrected chi connectivity index (χ2v) is 5.62. The number of dihydropyridines is 1. The Hall–Kier alpha value is -2.42. The van der Waals surface area contributed by atoms with Gasteiger partial charge in [0.05, 0.1) is 31.9 Å². The number of aryl methyl sites for hydroxylation is 1. The molecule has 1 aromatic carbocycles. The van der Waals surface area contributed by atoms with Crippen LogP contribution in [0.25, 0.3) is 6.08 Å². The molecule has 132 valence electrons. The second-order valence-electron chi connectivity index (χ2n) is 5.21. The van der Waals surface area contributed by atoms with E-state index in [0.29, 0.717) is 33.4 Å². The van der Waals surface area contributed by atoms with Gasteiger partial charge in [0, 0.05) is 24.5 Å². The van der Waals surface area contributed by atoms with Crippen LogP contribution >= 0.6 is 11.6 Å². The van der Waals surface area contributed by atoms with E-state index in [4.69, 9.17) is 37.0 Å². The first kappa shape index (κ1) is 18.9. The normalized spacial score (nSPS) is 18.3. The summed E-state index contributed by atoms with van der Waals surface area (Å²) in [4.78, 5) is 4.27. The average molecular weight is 362 g/mol. The number of rotatable bonds is 5. The number of hydrogen-bond donors (Lipinski definition) is 0. The van der Waals surface area contributed by atoms with Gasteiger partial charge in [0.25, 0.3) is 0 Å². The minimum absolute atomic E-state index is 0.388. The van der Waals surface area contributed by atoms with Gasteiger partial charge in [0.15, 0.2) is 17.7 Å². The summed E-state index contributed by atoms with van der Waals surface area (Å²) in [5.41, 5.74) is 2.90. The Morgan fingerprint density at radius 1 is 1.16 bits per heavy atom. The van der Waals surface area contributed by atoms with Gasteiger partial charge >= 0.3 is 0 Å². The monoisotopic (exact) mass is 361 g/mol. The number of nitrogens with zero attached hydrogens (tertiary/aromatic N) is 1. The summed E-state index contributed by atoms with van der Waals surface area (Å²) in [6, 6.07) is 1.86. The molecule has 1 atom stereocenters. The lowest BCUT2D eigenvalue weighted by molar-refractivity contribution is 0.142. The molecule has 5 nitrogen and oxygen atoms in total. The largest absolute Gasteiger partial charge is 0.493 e. The number of methoxy groups -OCH3 is 4. The molecule has 0 spiro atoms. The van der Waals surface area contributed by atoms with Crippen molar-refractivity contribution in [2.75, 3.05) is 28.4 Å². The lowest BCUT2D eigenvalue weighted by Gasteiger charge is -2.21. The molecular weight excluding hydrogens is 342 g/mol. The van der Waals surface area contributed by atoms with Gasteiger partial charge in [-0.15, -0.1) is 6.42 Å². The summed E-state index contributed by atoms with van der Waals surface area (Å²) in [7, 11) is 6.25. The molecule has 2 rings (SSSR count). The van der Waals surface area contributed by atoms with Crippen molar-refractivity contribution in [2.45, 2.75) is 13.2 Å². The van der Waals surface area contributed by atoms with Crippen LogP contribution in [0.15, 0.2) is 27.2 Å². The molecule has 0 bridgehead atoms. The molecule has 0 radical (unpaired) electrons. The maximum absolute atomic E-state index is 6.20. The van der Waals surface area contributed by atoms with Crippen molar-refractivity contribution >= 4 is 23.9 Å². The molecule has 0 fully saturated rings. The van der Waals surface area contributed by atoms with Gasteiger partial charge in [-0.25, -0.2) is 0 Å². The smallest absolute Gasteiger partial charge is 0.203 e. The van der Waals surface area contributed by atoms with Crippen LogP contribution in [-0.4, -0.2) is 40.9 Å². The summed E-state index contributed by atoms with van der Waals surface area (Å²) in [6.07, 6.45) is 8.45. The lowest BCUT2D eigenvalue weighted by Crippen LogP contribution is -2.17. The van der Waals surface area contributed by atoms with Crippen LogP contribution in [-0.2, 0) is 4.74 Å². The van der Waals surface area contributed by atoms with Crippen LogP contribution in [0, 0.1) is 19.3 Å². The number of allylic oxidation sites excluding steroid dienone is 1. The van der Waals surface area contributed by atoms with Crippen LogP contribution < -0.4 is 14.2 Å². The Labute approximate surface area is 152 Å². The van der Waals surface area contributed by atoms with E-state index in [9.17, 15) is 0 Å². The molecule has 1 aliphatic heterocycles. The summed E-state index contributed by atoms with van der Waals surface area (Å²) < 4.78 is 21.8. The average Bonchev–Trinajstić information content (AvgIpc) is 2.62. The quantitative estimate of drug-likeness (QED) is 0.752. The number of halogens is 1. The van der Waals surface area contributed by atoms with Gasteiger partial charge in [-0.05, 0) is 24.6 Å². The molecule has 0 aromatic heterocycles. The van der Waals surface area contributed by atoms with Crippen molar-refractivity contribution in [3.8, 4) is 29.6 Å². The van der Waals surface area contributed by atoms with Crippen molar-refractivity contribution in [1.29, 1.82) is 0 Å². The minimum Gasteiger partial charge on any atom is -0.493 e. The summed E-state index contributed by atoms with van der Waals surface area (Å²) in [5.74, 6) is 4.21. The highest BCUT2D eigenvalue weighted by molar-refractivity contribution is 6.40. The van der Waals surface area contributed by atoms with Crippen molar-refractivity contribution < 1.29 is 18.9 Å². The standard InChI is InChI=1S/C19H20ClNO4/c1-7-12-14(19(25-6)21-10-15(12)20)9-13-11(2)8-16(22-3)18(24-5)17(13)23-4/h1,8-10,19H,2-6H3. The Morgan fingerprint density at radius 2 is 1.84 bits per heavy atom. The molecule has 6 heteroatoms. The maximum Gasteiger partial charge on any atom is 0.203 e. The number of ether oxygens (including phenoxy) is 4. The molecule has 1 aliphatic rings. The van der Waals surface area contributed by atoms with Crippen LogP contribution in [0.1, 0.15) is 11.1 Å². The third-order valence-corrected chi connectivity index (χ3v) is 4.15. The molecular formula is C19H20ClNO4. The highest BCUT2D eigenvalue weighted by atomic mass is 35.5. The Balaban J connectivity index is 2.75. The third kappa shape index (κ3) is 3.51. The third-order valence-electron chi connectivity index (χ3n) is 3.86. The number of hydrogen-bond acceptors (Lipinski definition) is 5. The first-order valence-corrected chi connectivity index (χ1v) is 7.84. The SMILES string of the molecule is C#CC1=C(Cl)C=NC(OC)C1=Cc1c(C)cc(OC)c(OC)c1OC. The Morgan fingerprint density at radius 3 is 2.36 bits per heavy atom. The van der Waals surface area contributed by atoms with Crippen LogP contribution in [0.3, 0.4) is 0 Å². The molecule has 0 saturated heterocycles. The molecule has 0 N–H and O–H groups in total. The van der Waals surface area contributed by atoms with Gasteiger partial charge < -0.3 is 18.9 Å². The molecule has 1 aromatic rings. The number of benzene rings is 1. The molecule has 1 unspecified atom stereocenters. The maximum atomic E-state index is 6.20. The van der Waals surface area contributed by atoms with Crippen LogP contribution in [0.5, 0.6) is 17.2 Å². The zero-order valence-electron chi connectivity index (χ0n) is 14.8. The fraction of sp³-hybridized carbons (Fsp3) is 0.316. The molecule has 1 heterocycles. The van der Waals surface area contributed by atoms with E-state index >= 15 is 0 Å². The van der Waals surface area contributed by atoms with E-state index in [-0.39, 0.29) is 0 Å². The molecule has 0 aliphatic carbocycles. The van der Waals surface area contributed by atoms with Crippen LogP contribution in [0.4, 0.5) is 0 Å². The fourth-order valence-corrected chi connectivity index (χ4v) is 2.88. The van der Waals surface area contributed by atoms with E-state index in [2.05, 4.69) is 10.9 Å². The van der Waals surface area contributed by atoms with Crippen LogP contribution in [0.2, 0.25) is 0 Å². The lowest BCUT2D eigenvalue weighted by atomic mass is 9.96. The van der Waals surface area contributed by atoms with E-state index in [0.717, 1.165) is 11.1 Å². The number of terminal acetylenes is 1. The van der Waals surface area contributed by atoms with Crippen molar-refractivity contribution in [3.63, 3.8) is 0 Å². The highest BCUT2D eigenvalue weighted by Gasteiger charge is 2.24. The van der Waals surface area contributed by atoms with E-state index in [1.54, 1.807) is 28.4 Å². The summed E-state index contributed by atoms with van der Waals surface area (Å²) in [5, 5.41) is 0.388. The minimum atomic E-state index is -0.550. The molecule has 0 amide bonds. The fourth-order valence-electron chi connectivity index (χ4n) is 2.66. The van der Waals surface area contributed by atoms with E-state index in [1.807, 2.05) is 19.1 Å². The summed E-state index contributed by atoms with van der Waals surface area (Å²) in [6.45, 7) is 1.94. The molecule has 0 saturated carbocycles. The zero-order chi connectivity index (χ0) is 18.6. The number of aliphatic imine (C=N–C) groups is 1. The first-order chi connectivity index (χ1) is 12.0. The second kappa shape index (κ2) is 8.11. The predicted octanol–water partition coefficient (Wildman–Crippen LogP) is 3.59.